The molecule has 1 aromatic rings. The van der Waals surface area contributed by atoms with Crippen molar-refractivity contribution in [1.29, 1.82) is 0 Å². The Balaban J connectivity index is 1.81. The third-order valence-electron chi connectivity index (χ3n) is 4.42. The highest BCUT2D eigenvalue weighted by Gasteiger charge is 2.43. The molecular formula is C17H24F2N2O2. The smallest absolute Gasteiger partial charge is 0.395 e. The zero-order chi connectivity index (χ0) is 16.4. The molecule has 0 radical (unpaired) electrons. The molecule has 2 aliphatic rings. The average Bonchev–Trinajstić information content (AvgIpc) is 2.81. The molecule has 23 heavy (non-hydrogen) atoms. The van der Waals surface area contributed by atoms with Crippen LogP contribution in [0.2, 0.25) is 0 Å². The number of hydrogen-bond donors (Lipinski definition) is 1. The Bertz CT molecular complexity index is 545. The van der Waals surface area contributed by atoms with Crippen molar-refractivity contribution in [2.45, 2.75) is 39.0 Å². The number of hydrogen-bond acceptors (Lipinski definition) is 4. The zero-order valence-corrected chi connectivity index (χ0v) is 13.6. The van der Waals surface area contributed by atoms with Crippen LogP contribution in [0.4, 0.5) is 8.78 Å². The molecule has 0 amide bonds. The van der Waals surface area contributed by atoms with E-state index in [9.17, 15) is 8.78 Å². The second-order valence-electron chi connectivity index (χ2n) is 6.65. The molecule has 1 fully saturated rings. The molecule has 2 aliphatic heterocycles. The van der Waals surface area contributed by atoms with Crippen molar-refractivity contribution >= 4 is 0 Å². The Morgan fingerprint density at radius 1 is 1.13 bits per heavy atom. The molecule has 0 saturated carbocycles. The Labute approximate surface area is 135 Å². The third kappa shape index (κ3) is 3.93. The number of piperazine rings is 1. The summed E-state index contributed by atoms with van der Waals surface area (Å²) in [7, 11) is 0. The molecule has 0 bridgehead atoms. The Kier molecular flexibility index (Phi) is 4.73. The summed E-state index contributed by atoms with van der Waals surface area (Å²) in [5.74, 6) is 0.859. The van der Waals surface area contributed by atoms with Gasteiger partial charge in [-0.05, 0) is 36.5 Å². The fourth-order valence-corrected chi connectivity index (χ4v) is 3.22. The number of halogens is 2. The number of fused-ring (bicyclic) bond motifs is 1. The van der Waals surface area contributed by atoms with E-state index < -0.39 is 6.29 Å². The highest BCUT2D eigenvalue weighted by Crippen LogP contribution is 2.43. The molecule has 6 heteroatoms. The summed E-state index contributed by atoms with van der Waals surface area (Å²) >= 11 is 0. The van der Waals surface area contributed by atoms with Crippen LogP contribution < -0.4 is 14.8 Å². The van der Waals surface area contributed by atoms with Crippen LogP contribution in [-0.4, -0.2) is 37.4 Å². The Hall–Kier alpha value is -1.40. The van der Waals surface area contributed by atoms with Crippen molar-refractivity contribution in [3.8, 4) is 11.5 Å². The first-order chi connectivity index (χ1) is 10.9. The number of nitrogens with one attached hydrogen (secondary N) is 1. The van der Waals surface area contributed by atoms with E-state index in [-0.39, 0.29) is 17.5 Å². The maximum absolute atomic E-state index is 13.2. The van der Waals surface area contributed by atoms with Crippen LogP contribution in [0.5, 0.6) is 11.5 Å². The van der Waals surface area contributed by atoms with Gasteiger partial charge in [0.2, 0.25) is 0 Å². The maximum atomic E-state index is 13.2. The number of ether oxygens (including phenoxy) is 2. The monoisotopic (exact) mass is 326 g/mol. The summed E-state index contributed by atoms with van der Waals surface area (Å²) in [6.45, 7) is 8.26. The highest BCUT2D eigenvalue weighted by molar-refractivity contribution is 5.46. The van der Waals surface area contributed by atoms with E-state index in [1.54, 1.807) is 12.1 Å². The van der Waals surface area contributed by atoms with Gasteiger partial charge in [0.15, 0.2) is 11.5 Å². The lowest BCUT2D eigenvalue weighted by Crippen LogP contribution is -2.45. The van der Waals surface area contributed by atoms with Crippen molar-refractivity contribution in [2.75, 3.05) is 26.2 Å². The third-order valence-corrected chi connectivity index (χ3v) is 4.42. The first kappa shape index (κ1) is 16.5. The van der Waals surface area contributed by atoms with E-state index in [0.29, 0.717) is 5.92 Å². The minimum atomic E-state index is -3.55. The van der Waals surface area contributed by atoms with Crippen molar-refractivity contribution in [3.63, 3.8) is 0 Å². The molecule has 1 N–H and O–H groups in total. The number of benzene rings is 1. The molecule has 0 aromatic heterocycles. The number of nitrogens with zero attached hydrogens (tertiary/aromatic N) is 1. The summed E-state index contributed by atoms with van der Waals surface area (Å²) in [5, 5.41) is 3.35. The van der Waals surface area contributed by atoms with Gasteiger partial charge < -0.3 is 14.8 Å². The molecule has 3 rings (SSSR count). The van der Waals surface area contributed by atoms with E-state index in [1.807, 2.05) is 6.07 Å². The summed E-state index contributed by atoms with van der Waals surface area (Å²) in [4.78, 5) is 2.43. The van der Waals surface area contributed by atoms with Crippen molar-refractivity contribution in [2.24, 2.45) is 5.92 Å². The van der Waals surface area contributed by atoms with Gasteiger partial charge in [0, 0.05) is 32.2 Å². The molecule has 1 atom stereocenters. The van der Waals surface area contributed by atoms with Crippen molar-refractivity contribution in [3.05, 3.63) is 23.8 Å². The van der Waals surface area contributed by atoms with Gasteiger partial charge in [0.1, 0.15) is 0 Å². The lowest BCUT2D eigenvalue weighted by atomic mass is 9.95. The maximum Gasteiger partial charge on any atom is 0.586 e. The Morgan fingerprint density at radius 3 is 2.52 bits per heavy atom. The molecular weight excluding hydrogens is 302 g/mol. The molecule has 1 aromatic carbocycles. The van der Waals surface area contributed by atoms with E-state index in [1.165, 1.54) is 0 Å². The van der Waals surface area contributed by atoms with Crippen LogP contribution in [0.25, 0.3) is 0 Å². The quantitative estimate of drug-likeness (QED) is 0.899. The normalized spacial score (nSPS) is 21.6. The Morgan fingerprint density at radius 2 is 1.83 bits per heavy atom. The first-order valence-electron chi connectivity index (χ1n) is 8.29. The highest BCUT2D eigenvalue weighted by atomic mass is 19.3. The second-order valence-corrected chi connectivity index (χ2v) is 6.65. The summed E-state index contributed by atoms with van der Waals surface area (Å²) in [5.41, 5.74) is 1.02. The lowest BCUT2D eigenvalue weighted by Gasteiger charge is -2.35. The molecule has 0 unspecified atom stereocenters. The molecule has 4 nitrogen and oxygen atoms in total. The van der Waals surface area contributed by atoms with Gasteiger partial charge in [-0.25, -0.2) is 0 Å². The van der Waals surface area contributed by atoms with E-state index >= 15 is 0 Å². The fourth-order valence-electron chi connectivity index (χ4n) is 3.22. The zero-order valence-electron chi connectivity index (χ0n) is 13.6. The molecule has 0 spiro atoms. The van der Waals surface area contributed by atoms with Gasteiger partial charge in [-0.1, -0.05) is 19.9 Å². The van der Waals surface area contributed by atoms with Crippen molar-refractivity contribution in [1.82, 2.24) is 10.2 Å². The van der Waals surface area contributed by atoms with Crippen molar-refractivity contribution < 1.29 is 18.3 Å². The van der Waals surface area contributed by atoms with Gasteiger partial charge in [0.05, 0.1) is 0 Å². The molecule has 1 saturated heterocycles. The minimum absolute atomic E-state index is 0.113. The molecule has 128 valence electrons. The van der Waals surface area contributed by atoms with Crippen LogP contribution in [0.15, 0.2) is 18.2 Å². The predicted molar refractivity (Wildman–Crippen MR) is 83.9 cm³/mol. The van der Waals surface area contributed by atoms with Crippen LogP contribution >= 0.6 is 0 Å². The molecule has 2 heterocycles. The van der Waals surface area contributed by atoms with Crippen LogP contribution in [-0.2, 0) is 0 Å². The van der Waals surface area contributed by atoms with Gasteiger partial charge in [-0.3, -0.25) is 4.90 Å². The SMILES string of the molecule is CC(C)CC[C@H](c1ccc2c(c1)OC(F)(F)O2)N1CCNCC1. The molecule has 0 aliphatic carbocycles. The van der Waals surface area contributed by atoms with Crippen LogP contribution in [0, 0.1) is 5.92 Å². The topological polar surface area (TPSA) is 33.7 Å². The lowest BCUT2D eigenvalue weighted by molar-refractivity contribution is -0.286. The summed E-state index contributed by atoms with van der Waals surface area (Å²) in [6.07, 6.45) is -1.45. The van der Waals surface area contributed by atoms with Gasteiger partial charge in [-0.15, -0.1) is 8.78 Å². The van der Waals surface area contributed by atoms with Gasteiger partial charge in [0.25, 0.3) is 0 Å². The minimum Gasteiger partial charge on any atom is -0.395 e. The van der Waals surface area contributed by atoms with E-state index in [4.69, 9.17) is 0 Å². The fraction of sp³-hybridized carbons (Fsp3) is 0.647. The number of alkyl halides is 2. The largest absolute Gasteiger partial charge is 0.586 e. The van der Waals surface area contributed by atoms with E-state index in [0.717, 1.165) is 44.6 Å². The van der Waals surface area contributed by atoms with Gasteiger partial charge in [-0.2, -0.15) is 0 Å². The standard InChI is InChI=1S/C17H24F2N2O2/c1-12(2)3-5-14(21-9-7-20-8-10-21)13-4-6-15-16(11-13)23-17(18,19)22-15/h4,6,11-12,14,20H,3,5,7-10H2,1-2H3/t14-/m1/s1. The summed E-state index contributed by atoms with van der Waals surface area (Å²) in [6, 6.07) is 5.42. The van der Waals surface area contributed by atoms with E-state index in [2.05, 4.69) is 33.5 Å². The van der Waals surface area contributed by atoms with Crippen LogP contribution in [0.1, 0.15) is 38.3 Å². The second kappa shape index (κ2) is 6.61. The van der Waals surface area contributed by atoms with Crippen LogP contribution in [0.3, 0.4) is 0 Å². The number of rotatable bonds is 5. The summed E-state index contributed by atoms with van der Waals surface area (Å²) < 4.78 is 35.5. The average molecular weight is 326 g/mol. The van der Waals surface area contributed by atoms with Gasteiger partial charge >= 0.3 is 6.29 Å². The first-order valence-corrected chi connectivity index (χ1v) is 8.29. The predicted octanol–water partition coefficient (Wildman–Crippen LogP) is 3.39.